The Hall–Kier alpha value is -1.22. The molecular formula is C11H13ClN2O5S. The van der Waals surface area contributed by atoms with Crippen LogP contribution in [-0.4, -0.2) is 37.1 Å². The number of aromatic nitrogens is 1. The lowest BCUT2D eigenvalue weighted by atomic mass is 10.0. The van der Waals surface area contributed by atoms with E-state index in [0.29, 0.717) is 5.75 Å². The van der Waals surface area contributed by atoms with Crippen molar-refractivity contribution in [3.8, 4) is 0 Å². The Balaban J connectivity index is 2.76. The second-order valence-electron chi connectivity index (χ2n) is 3.98. The average Bonchev–Trinajstić information content (AvgIpc) is 2.37. The van der Waals surface area contributed by atoms with Gasteiger partial charge in [0.2, 0.25) is 5.15 Å². The van der Waals surface area contributed by atoms with Crippen LogP contribution in [0, 0.1) is 10.1 Å². The first-order valence-corrected chi connectivity index (χ1v) is 6.98. The number of pyridine rings is 1. The fraction of sp³-hybridized carbons (Fsp3) is 0.455. The van der Waals surface area contributed by atoms with Crippen LogP contribution in [0.1, 0.15) is 25.0 Å². The fourth-order valence-electron chi connectivity index (χ4n) is 1.45. The lowest BCUT2D eigenvalue weighted by Gasteiger charge is -2.17. The molecule has 9 heteroatoms. The Morgan fingerprint density at radius 2 is 2.25 bits per heavy atom. The van der Waals surface area contributed by atoms with Crippen LogP contribution in [0.2, 0.25) is 5.15 Å². The van der Waals surface area contributed by atoms with E-state index < -0.39 is 22.8 Å². The number of aliphatic hydroxyl groups excluding tert-OH is 2. The zero-order valence-electron chi connectivity index (χ0n) is 10.5. The molecule has 0 bridgehead atoms. The number of nitro groups is 1. The highest BCUT2D eigenvalue weighted by Crippen LogP contribution is 2.27. The molecule has 0 saturated heterocycles. The largest absolute Gasteiger partial charge is 0.390 e. The summed E-state index contributed by atoms with van der Waals surface area (Å²) in [5, 5.41) is 30.0. The van der Waals surface area contributed by atoms with E-state index in [0.717, 1.165) is 17.8 Å². The van der Waals surface area contributed by atoms with Crippen molar-refractivity contribution in [1.29, 1.82) is 0 Å². The Kier molecular flexibility index (Phi) is 6.34. The normalized spacial score (nSPS) is 13.8. The van der Waals surface area contributed by atoms with E-state index >= 15 is 0 Å². The second kappa shape index (κ2) is 7.53. The Morgan fingerprint density at radius 1 is 1.60 bits per heavy atom. The van der Waals surface area contributed by atoms with Crippen LogP contribution in [0.15, 0.2) is 12.3 Å². The molecule has 1 aromatic heterocycles. The van der Waals surface area contributed by atoms with Gasteiger partial charge in [0.1, 0.15) is 6.10 Å². The quantitative estimate of drug-likeness (QED) is 0.466. The maximum absolute atomic E-state index is 10.7. The molecule has 1 heterocycles. The summed E-state index contributed by atoms with van der Waals surface area (Å²) < 4.78 is 0. The van der Waals surface area contributed by atoms with Crippen molar-refractivity contribution < 1.29 is 19.9 Å². The van der Waals surface area contributed by atoms with Crippen LogP contribution in [0.3, 0.4) is 0 Å². The van der Waals surface area contributed by atoms with Crippen LogP contribution >= 0.6 is 23.4 Å². The summed E-state index contributed by atoms with van der Waals surface area (Å²) in [6, 6.07) is 1.07. The number of rotatable bonds is 6. The molecule has 2 atom stereocenters. The fourth-order valence-corrected chi connectivity index (χ4v) is 2.26. The van der Waals surface area contributed by atoms with Crippen molar-refractivity contribution in [2.45, 2.75) is 25.6 Å². The molecule has 0 aromatic carbocycles. The topological polar surface area (TPSA) is 114 Å². The molecule has 0 aliphatic heterocycles. The summed E-state index contributed by atoms with van der Waals surface area (Å²) in [7, 11) is 0. The first-order valence-electron chi connectivity index (χ1n) is 5.62. The number of thioether (sulfide) groups is 1. The summed E-state index contributed by atoms with van der Waals surface area (Å²) in [4.78, 5) is 24.3. The lowest BCUT2D eigenvalue weighted by molar-refractivity contribution is -0.385. The van der Waals surface area contributed by atoms with Crippen LogP contribution in [0.4, 0.5) is 5.69 Å². The smallest absolute Gasteiger partial charge is 0.306 e. The van der Waals surface area contributed by atoms with Crippen molar-refractivity contribution in [1.82, 2.24) is 4.98 Å². The predicted molar refractivity (Wildman–Crippen MR) is 74.6 cm³/mol. The number of hydrogen-bond acceptors (Lipinski definition) is 7. The van der Waals surface area contributed by atoms with Gasteiger partial charge in [0.05, 0.1) is 11.0 Å². The summed E-state index contributed by atoms with van der Waals surface area (Å²) in [5.41, 5.74) is -0.338. The minimum absolute atomic E-state index is 0.0875. The highest BCUT2D eigenvalue weighted by molar-refractivity contribution is 8.13. The van der Waals surface area contributed by atoms with Gasteiger partial charge < -0.3 is 10.2 Å². The molecule has 0 spiro atoms. The maximum atomic E-state index is 10.7. The summed E-state index contributed by atoms with van der Waals surface area (Å²) in [6.45, 7) is 1.40. The minimum Gasteiger partial charge on any atom is -0.390 e. The van der Waals surface area contributed by atoms with E-state index in [9.17, 15) is 25.1 Å². The summed E-state index contributed by atoms with van der Waals surface area (Å²) in [5.74, 6) is 0.344. The molecule has 0 saturated carbocycles. The van der Waals surface area contributed by atoms with Gasteiger partial charge >= 0.3 is 5.69 Å². The Labute approximate surface area is 124 Å². The minimum atomic E-state index is -1.33. The number of carbonyl (C=O) groups is 1. The highest BCUT2D eigenvalue weighted by Gasteiger charge is 2.23. The molecule has 0 radical (unpaired) electrons. The third-order valence-electron chi connectivity index (χ3n) is 2.46. The molecule has 0 aliphatic rings. The molecule has 20 heavy (non-hydrogen) atoms. The van der Waals surface area contributed by atoms with Crippen molar-refractivity contribution in [2.24, 2.45) is 0 Å². The van der Waals surface area contributed by atoms with Crippen LogP contribution in [0.25, 0.3) is 0 Å². The van der Waals surface area contributed by atoms with Gasteiger partial charge in [-0.2, -0.15) is 0 Å². The zero-order chi connectivity index (χ0) is 15.3. The standard InChI is InChI=1S/C11H13ClN2O5S/c1-6(15)20-3-2-9(16)10(17)7-4-8(14(18)19)11(12)13-5-7/h4-5,9-10,16-17H,2-3H2,1H3. The number of aliphatic hydroxyl groups is 2. The van der Waals surface area contributed by atoms with E-state index in [1.165, 1.54) is 13.1 Å². The van der Waals surface area contributed by atoms with E-state index in [1.54, 1.807) is 0 Å². The average molecular weight is 321 g/mol. The van der Waals surface area contributed by atoms with Gasteiger partial charge in [0.15, 0.2) is 5.12 Å². The van der Waals surface area contributed by atoms with Gasteiger partial charge in [-0.3, -0.25) is 14.9 Å². The molecule has 2 unspecified atom stereocenters. The lowest BCUT2D eigenvalue weighted by Crippen LogP contribution is -2.19. The summed E-state index contributed by atoms with van der Waals surface area (Å²) >= 11 is 6.58. The molecule has 110 valence electrons. The Morgan fingerprint density at radius 3 is 2.80 bits per heavy atom. The molecule has 1 aromatic rings. The van der Waals surface area contributed by atoms with Gasteiger partial charge in [-0.1, -0.05) is 23.4 Å². The van der Waals surface area contributed by atoms with E-state index in [-0.39, 0.29) is 22.3 Å². The van der Waals surface area contributed by atoms with E-state index in [2.05, 4.69) is 4.98 Å². The number of hydrogen-bond donors (Lipinski definition) is 2. The van der Waals surface area contributed by atoms with Crippen LogP contribution < -0.4 is 0 Å². The second-order valence-corrected chi connectivity index (χ2v) is 5.61. The van der Waals surface area contributed by atoms with Crippen LogP contribution in [-0.2, 0) is 4.79 Å². The molecule has 0 fully saturated rings. The molecule has 0 aliphatic carbocycles. The summed E-state index contributed by atoms with van der Waals surface area (Å²) in [6.07, 6.45) is -1.14. The third kappa shape index (κ3) is 4.71. The SMILES string of the molecule is CC(=O)SCCC(O)C(O)c1cnc(Cl)c([N+](=O)[O-])c1. The highest BCUT2D eigenvalue weighted by atomic mass is 35.5. The number of halogens is 1. The van der Waals surface area contributed by atoms with Crippen molar-refractivity contribution in [3.05, 3.63) is 33.1 Å². The zero-order valence-corrected chi connectivity index (χ0v) is 12.1. The molecular weight excluding hydrogens is 308 g/mol. The molecule has 1 rings (SSSR count). The van der Waals surface area contributed by atoms with Crippen molar-refractivity contribution >= 4 is 34.2 Å². The third-order valence-corrected chi connectivity index (χ3v) is 3.60. The number of nitrogens with zero attached hydrogens (tertiary/aromatic N) is 2. The molecule has 7 nitrogen and oxygen atoms in total. The van der Waals surface area contributed by atoms with E-state index in [4.69, 9.17) is 11.6 Å². The Bertz CT molecular complexity index is 514. The van der Waals surface area contributed by atoms with Crippen molar-refractivity contribution in [3.63, 3.8) is 0 Å². The van der Waals surface area contributed by atoms with Gasteiger partial charge in [-0.05, 0) is 6.42 Å². The van der Waals surface area contributed by atoms with Crippen molar-refractivity contribution in [2.75, 3.05) is 5.75 Å². The maximum Gasteiger partial charge on any atom is 0.306 e. The van der Waals surface area contributed by atoms with Gasteiger partial charge in [0, 0.05) is 30.5 Å². The van der Waals surface area contributed by atoms with Crippen LogP contribution in [0.5, 0.6) is 0 Å². The molecule has 0 amide bonds. The van der Waals surface area contributed by atoms with E-state index in [1.807, 2.05) is 0 Å². The first kappa shape index (κ1) is 16.8. The van der Waals surface area contributed by atoms with Gasteiger partial charge in [-0.25, -0.2) is 4.98 Å². The molecule has 2 N–H and O–H groups in total. The monoisotopic (exact) mass is 320 g/mol. The number of carbonyl (C=O) groups excluding carboxylic acids is 1. The van der Waals surface area contributed by atoms with Gasteiger partial charge in [-0.15, -0.1) is 0 Å². The first-order chi connectivity index (χ1) is 9.32. The predicted octanol–water partition coefficient (Wildman–Crippen LogP) is 1.71. The van der Waals surface area contributed by atoms with Gasteiger partial charge in [0.25, 0.3) is 0 Å².